The van der Waals surface area contributed by atoms with Crippen LogP contribution in [0.1, 0.15) is 39.8 Å². The smallest absolute Gasteiger partial charge is 0.272 e. The number of aromatic amines is 1. The summed E-state index contributed by atoms with van der Waals surface area (Å²) in [4.78, 5) is 12.5. The van der Waals surface area contributed by atoms with E-state index >= 15 is 0 Å². The minimum Gasteiger partial charge on any atom is -0.350 e. The van der Waals surface area contributed by atoms with Gasteiger partial charge in [0.05, 0.1) is 0 Å². The molecule has 2 aromatic rings. The predicted octanol–water partition coefficient (Wildman–Crippen LogP) is 1.59. The average molecular weight is 310 g/mol. The van der Waals surface area contributed by atoms with Crippen LogP contribution >= 0.6 is 0 Å². The van der Waals surface area contributed by atoms with Crippen LogP contribution in [0.25, 0.3) is 0 Å². The number of fused-ring (bicyclic) bond motifs is 2. The standard InChI is InChI=1S/C18H22N4O/c1-18(8-12-4-2-3-5-13(12)9-18)11-20-17(23)16-14-10-19-7-6-15(14)21-22-16/h2-5,19H,6-11H2,1H3,(H,20,23)(H,21,22). The lowest BCUT2D eigenvalue weighted by Gasteiger charge is -2.24. The molecule has 1 amide bonds. The van der Waals surface area contributed by atoms with Gasteiger partial charge in [-0.25, -0.2) is 0 Å². The van der Waals surface area contributed by atoms with Gasteiger partial charge in [-0.05, 0) is 29.4 Å². The molecule has 120 valence electrons. The van der Waals surface area contributed by atoms with E-state index in [4.69, 9.17) is 0 Å². The van der Waals surface area contributed by atoms with Gasteiger partial charge in [0.15, 0.2) is 5.69 Å². The maximum atomic E-state index is 12.5. The quantitative estimate of drug-likeness (QED) is 0.806. The van der Waals surface area contributed by atoms with Crippen LogP contribution < -0.4 is 10.6 Å². The first-order valence-electron chi connectivity index (χ1n) is 8.26. The normalized spacial score (nSPS) is 18.3. The number of hydrogen-bond acceptors (Lipinski definition) is 3. The highest BCUT2D eigenvalue weighted by Gasteiger charge is 2.33. The Morgan fingerprint density at radius 3 is 2.78 bits per heavy atom. The molecule has 0 atom stereocenters. The highest BCUT2D eigenvalue weighted by molar-refractivity contribution is 5.94. The number of hydrogen-bond donors (Lipinski definition) is 3. The zero-order chi connectivity index (χ0) is 15.9. The summed E-state index contributed by atoms with van der Waals surface area (Å²) in [7, 11) is 0. The van der Waals surface area contributed by atoms with Crippen molar-refractivity contribution in [3.8, 4) is 0 Å². The fourth-order valence-electron chi connectivity index (χ4n) is 3.80. The van der Waals surface area contributed by atoms with Crippen molar-refractivity contribution >= 4 is 5.91 Å². The minimum absolute atomic E-state index is 0.0663. The minimum atomic E-state index is -0.0663. The van der Waals surface area contributed by atoms with Crippen molar-refractivity contribution in [2.75, 3.05) is 13.1 Å². The summed E-state index contributed by atoms with van der Waals surface area (Å²) in [5, 5.41) is 13.6. The second kappa shape index (κ2) is 5.49. The Balaban J connectivity index is 1.44. The molecule has 5 nitrogen and oxygen atoms in total. The van der Waals surface area contributed by atoms with E-state index in [2.05, 4.69) is 52.0 Å². The fraction of sp³-hybridized carbons (Fsp3) is 0.444. The second-order valence-electron chi connectivity index (χ2n) is 7.07. The molecular formula is C18H22N4O. The number of carbonyl (C=O) groups excluding carboxylic acids is 1. The van der Waals surface area contributed by atoms with E-state index < -0.39 is 0 Å². The van der Waals surface area contributed by atoms with Crippen molar-refractivity contribution in [3.05, 3.63) is 52.3 Å². The Bertz CT molecular complexity index is 724. The molecule has 2 aliphatic rings. The molecular weight excluding hydrogens is 288 g/mol. The largest absolute Gasteiger partial charge is 0.350 e. The summed E-state index contributed by atoms with van der Waals surface area (Å²) in [6.07, 6.45) is 2.94. The van der Waals surface area contributed by atoms with Crippen molar-refractivity contribution in [2.45, 2.75) is 32.7 Å². The molecule has 0 fully saturated rings. The number of aromatic nitrogens is 2. The number of carbonyl (C=O) groups is 1. The summed E-state index contributed by atoms with van der Waals surface area (Å²) >= 11 is 0. The molecule has 2 heterocycles. The van der Waals surface area contributed by atoms with Crippen molar-refractivity contribution < 1.29 is 4.79 Å². The van der Waals surface area contributed by atoms with Crippen molar-refractivity contribution in [1.29, 1.82) is 0 Å². The third-order valence-electron chi connectivity index (χ3n) is 5.05. The number of amides is 1. The lowest BCUT2D eigenvalue weighted by Crippen LogP contribution is -2.37. The van der Waals surface area contributed by atoms with E-state index in [-0.39, 0.29) is 11.3 Å². The molecule has 0 saturated carbocycles. The van der Waals surface area contributed by atoms with E-state index in [1.165, 1.54) is 11.1 Å². The lowest BCUT2D eigenvalue weighted by molar-refractivity contribution is 0.0928. The van der Waals surface area contributed by atoms with Gasteiger partial charge in [0.1, 0.15) is 0 Å². The zero-order valence-electron chi connectivity index (χ0n) is 13.4. The highest BCUT2D eigenvalue weighted by atomic mass is 16.1. The third-order valence-corrected chi connectivity index (χ3v) is 5.05. The van der Waals surface area contributed by atoms with Gasteiger partial charge in [-0.15, -0.1) is 0 Å². The van der Waals surface area contributed by atoms with E-state index in [1.54, 1.807) is 0 Å². The molecule has 1 aromatic carbocycles. The Morgan fingerprint density at radius 2 is 2.04 bits per heavy atom. The summed E-state index contributed by atoms with van der Waals surface area (Å²) in [6, 6.07) is 8.56. The van der Waals surface area contributed by atoms with Gasteiger partial charge >= 0.3 is 0 Å². The molecule has 1 aliphatic carbocycles. The Kier molecular flexibility index (Phi) is 3.45. The molecule has 23 heavy (non-hydrogen) atoms. The number of nitrogens with one attached hydrogen (secondary N) is 3. The van der Waals surface area contributed by atoms with Crippen LogP contribution in [0.3, 0.4) is 0 Å². The van der Waals surface area contributed by atoms with Crippen LogP contribution in [0.2, 0.25) is 0 Å². The topological polar surface area (TPSA) is 69.8 Å². The SMILES string of the molecule is CC1(CNC(=O)c2n[nH]c3c2CNCC3)Cc2ccccc2C1. The second-order valence-corrected chi connectivity index (χ2v) is 7.07. The Labute approximate surface area is 135 Å². The molecule has 0 radical (unpaired) electrons. The number of benzene rings is 1. The Hall–Kier alpha value is -2.14. The highest BCUT2D eigenvalue weighted by Crippen LogP contribution is 2.36. The molecule has 0 bridgehead atoms. The van der Waals surface area contributed by atoms with E-state index in [0.29, 0.717) is 12.2 Å². The Morgan fingerprint density at radius 1 is 1.30 bits per heavy atom. The zero-order valence-corrected chi connectivity index (χ0v) is 13.4. The van der Waals surface area contributed by atoms with Gasteiger partial charge in [0, 0.05) is 37.3 Å². The lowest BCUT2D eigenvalue weighted by atomic mass is 9.87. The molecule has 0 saturated heterocycles. The monoisotopic (exact) mass is 310 g/mol. The van der Waals surface area contributed by atoms with Gasteiger partial charge in [-0.1, -0.05) is 31.2 Å². The summed E-state index contributed by atoms with van der Waals surface area (Å²) < 4.78 is 0. The van der Waals surface area contributed by atoms with Crippen molar-refractivity contribution in [3.63, 3.8) is 0 Å². The summed E-state index contributed by atoms with van der Waals surface area (Å²) in [5.41, 5.74) is 5.57. The van der Waals surface area contributed by atoms with Crippen molar-refractivity contribution in [1.82, 2.24) is 20.8 Å². The van der Waals surface area contributed by atoms with E-state index in [0.717, 1.165) is 43.6 Å². The maximum absolute atomic E-state index is 12.5. The first-order valence-corrected chi connectivity index (χ1v) is 8.26. The van der Waals surface area contributed by atoms with Gasteiger partial charge < -0.3 is 10.6 Å². The average Bonchev–Trinajstić information content (AvgIpc) is 3.13. The van der Waals surface area contributed by atoms with Gasteiger partial charge in [-0.2, -0.15) is 5.10 Å². The maximum Gasteiger partial charge on any atom is 0.272 e. The molecule has 5 heteroatoms. The predicted molar refractivity (Wildman–Crippen MR) is 88.3 cm³/mol. The van der Waals surface area contributed by atoms with Crippen LogP contribution in [-0.4, -0.2) is 29.2 Å². The van der Waals surface area contributed by atoms with Crippen molar-refractivity contribution in [2.24, 2.45) is 5.41 Å². The van der Waals surface area contributed by atoms with E-state index in [9.17, 15) is 4.79 Å². The summed E-state index contributed by atoms with van der Waals surface area (Å²) in [5.74, 6) is -0.0663. The van der Waals surface area contributed by atoms with Crippen LogP contribution in [0.4, 0.5) is 0 Å². The van der Waals surface area contributed by atoms with E-state index in [1.807, 2.05) is 0 Å². The molecule has 1 aromatic heterocycles. The van der Waals surface area contributed by atoms with Gasteiger partial charge in [0.2, 0.25) is 0 Å². The molecule has 0 spiro atoms. The summed E-state index contributed by atoms with van der Waals surface area (Å²) in [6.45, 7) is 4.58. The van der Waals surface area contributed by atoms with Crippen LogP contribution in [0.5, 0.6) is 0 Å². The molecule has 0 unspecified atom stereocenters. The molecule has 1 aliphatic heterocycles. The number of nitrogens with zero attached hydrogens (tertiary/aromatic N) is 1. The number of rotatable bonds is 3. The third kappa shape index (κ3) is 2.65. The molecule has 4 rings (SSSR count). The fourth-order valence-corrected chi connectivity index (χ4v) is 3.80. The van der Waals surface area contributed by atoms with Crippen LogP contribution in [0.15, 0.2) is 24.3 Å². The first-order chi connectivity index (χ1) is 11.1. The van der Waals surface area contributed by atoms with Crippen LogP contribution in [0, 0.1) is 5.41 Å². The first kappa shape index (κ1) is 14.5. The van der Waals surface area contributed by atoms with Crippen LogP contribution in [-0.2, 0) is 25.8 Å². The van der Waals surface area contributed by atoms with Gasteiger partial charge in [0.25, 0.3) is 5.91 Å². The van der Waals surface area contributed by atoms with Gasteiger partial charge in [-0.3, -0.25) is 9.89 Å². The number of H-pyrrole nitrogens is 1. The molecule has 3 N–H and O–H groups in total.